The maximum absolute atomic E-state index is 14.7. The van der Waals surface area contributed by atoms with Gasteiger partial charge in [-0.3, -0.25) is 28.8 Å². The second-order valence-electron chi connectivity index (χ2n) is 20.7. The third-order valence-electron chi connectivity index (χ3n) is 14.9. The van der Waals surface area contributed by atoms with Crippen molar-refractivity contribution in [3.05, 3.63) is 124 Å². The number of nitrogens with one attached hydrogen (secondary N) is 2. The number of aliphatic hydroxyl groups is 1. The number of ether oxygens (including phenoxy) is 2. The van der Waals surface area contributed by atoms with Crippen LogP contribution in [0, 0.1) is 25.7 Å². The van der Waals surface area contributed by atoms with E-state index >= 15 is 0 Å². The summed E-state index contributed by atoms with van der Waals surface area (Å²) < 4.78 is 13.9. The lowest BCUT2D eigenvalue weighted by molar-refractivity contribution is -0.147. The predicted octanol–water partition coefficient (Wildman–Crippen LogP) is 5.15. The number of carbonyl (C=O) groups is 6. The highest BCUT2D eigenvalue weighted by Gasteiger charge is 2.48. The molecule has 0 bridgehead atoms. The van der Waals surface area contributed by atoms with E-state index in [1.54, 1.807) is 35.9 Å². The van der Waals surface area contributed by atoms with Crippen LogP contribution in [0.1, 0.15) is 79.0 Å². The molecule has 75 heavy (non-hydrogen) atoms. The van der Waals surface area contributed by atoms with E-state index < -0.39 is 54.1 Å². The molecule has 0 aliphatic carbocycles. The van der Waals surface area contributed by atoms with Crippen LogP contribution in [0.2, 0.25) is 0 Å². The molecular weight excluding hydrogens is 975 g/mol. The Kier molecular flexibility index (Phi) is 15.3. The SMILES string of the molecule is COC1=CC(=O)N([C@H](C(=O)N2C[C@H](Oc3ccc4c(c3)C(=O)N([C@H](C(=O)N3C[C@H](O)C[C@H]3C(=O)NCc3ccc(-c5ncn(C)c5C)cc3)C(C)C)C4)C[C@H]2C(=O)NCc2ccc(-c3scnc3C)cc2)C(C)C)C1. The highest BCUT2D eigenvalue weighted by atomic mass is 32.1. The summed E-state index contributed by atoms with van der Waals surface area (Å²) in [5.74, 6) is -2.21. The van der Waals surface area contributed by atoms with Crippen molar-refractivity contribution in [3.8, 4) is 27.4 Å². The fourth-order valence-electron chi connectivity index (χ4n) is 10.8. The molecule has 0 spiro atoms. The number of nitrogens with zero attached hydrogens (tertiary/aromatic N) is 7. The number of imidazole rings is 1. The minimum Gasteiger partial charge on any atom is -0.499 e. The highest BCUT2D eigenvalue weighted by Crippen LogP contribution is 2.35. The number of rotatable bonds is 17. The van der Waals surface area contributed by atoms with Crippen molar-refractivity contribution >= 4 is 46.8 Å². The number of thiazole rings is 1. The summed E-state index contributed by atoms with van der Waals surface area (Å²) in [6.07, 6.45) is 1.74. The van der Waals surface area contributed by atoms with E-state index in [1.807, 2.05) is 107 Å². The van der Waals surface area contributed by atoms with Crippen LogP contribution in [0.3, 0.4) is 0 Å². The van der Waals surface area contributed by atoms with Gasteiger partial charge in [-0.1, -0.05) is 82.3 Å². The van der Waals surface area contributed by atoms with Crippen LogP contribution in [-0.2, 0) is 55.4 Å². The van der Waals surface area contributed by atoms with E-state index in [0.717, 1.165) is 44.2 Å². The van der Waals surface area contributed by atoms with E-state index in [4.69, 9.17) is 9.47 Å². The lowest BCUT2D eigenvalue weighted by Gasteiger charge is -2.35. The van der Waals surface area contributed by atoms with Crippen LogP contribution in [0.15, 0.2) is 90.4 Å². The van der Waals surface area contributed by atoms with Crippen molar-refractivity contribution in [2.75, 3.05) is 26.7 Å². The summed E-state index contributed by atoms with van der Waals surface area (Å²) in [7, 11) is 3.41. The summed E-state index contributed by atoms with van der Waals surface area (Å²) in [5, 5.41) is 16.8. The largest absolute Gasteiger partial charge is 0.499 e. The van der Waals surface area contributed by atoms with Gasteiger partial charge in [0.05, 0.1) is 54.4 Å². The van der Waals surface area contributed by atoms with Crippen LogP contribution in [-0.4, -0.2) is 138 Å². The lowest BCUT2D eigenvalue weighted by atomic mass is 10.0. The zero-order valence-corrected chi connectivity index (χ0v) is 44.4. The molecule has 6 amide bonds. The normalized spacial score (nSPS) is 20.2. The maximum atomic E-state index is 14.7. The Morgan fingerprint density at radius 2 is 1.37 bits per heavy atom. The number of aromatic nitrogens is 3. The molecule has 6 heterocycles. The second kappa shape index (κ2) is 21.8. The molecule has 0 radical (unpaired) electrons. The number of carbonyl (C=O) groups excluding carboxylic acids is 6. The van der Waals surface area contributed by atoms with E-state index in [1.165, 1.54) is 32.8 Å². The molecule has 6 atom stereocenters. The van der Waals surface area contributed by atoms with Gasteiger partial charge in [-0.25, -0.2) is 9.97 Å². The Bertz CT molecular complexity index is 3020. The number of aryl methyl sites for hydroxylation is 2. The number of benzene rings is 3. The number of amides is 6. The highest BCUT2D eigenvalue weighted by molar-refractivity contribution is 7.13. The Labute approximate surface area is 440 Å². The van der Waals surface area contributed by atoms with Crippen LogP contribution in [0.5, 0.6) is 5.75 Å². The average Bonchev–Trinajstić information content (AvgIpc) is 4.27. The summed E-state index contributed by atoms with van der Waals surface area (Å²) in [4.78, 5) is 101. The molecular formula is C56H65N9O9S. The van der Waals surface area contributed by atoms with E-state index in [0.29, 0.717) is 22.6 Å². The van der Waals surface area contributed by atoms with Crippen molar-refractivity contribution in [1.29, 1.82) is 0 Å². The Hall–Kier alpha value is -7.38. The van der Waals surface area contributed by atoms with E-state index in [2.05, 4.69) is 20.6 Å². The van der Waals surface area contributed by atoms with Gasteiger partial charge >= 0.3 is 0 Å². The summed E-state index contributed by atoms with van der Waals surface area (Å²) in [5.41, 5.74) is 9.39. The standard InChI is InChI=1S/C56H65N9O9S/c1-31(2)49(64-27-42(73-8)22-47(64)67)55(71)63-28-43(21-46(63)53(69)58-24-36-11-15-38(16-12-36)51-33(5)60-30-75-51)74-41-18-17-39-25-65(54(70)44(39)20-41)50(32(3)4)56(72)62-26-40(66)19-45(62)52(68)57-23-35-9-13-37(14-10-35)48-34(6)61(7)29-59-48/h9-18,20,22,29-32,40,43,45-46,49-50,66H,19,21,23-28H2,1-8H3,(H,57,68)(H,58,69)/t40-,43-,45+,46+,49+,50+/m1/s1. The molecule has 0 saturated carbocycles. The monoisotopic (exact) mass is 1040 g/mol. The second-order valence-corrected chi connectivity index (χ2v) is 21.5. The van der Waals surface area contributed by atoms with Crippen molar-refractivity contribution in [2.24, 2.45) is 18.9 Å². The molecule has 9 rings (SSSR count). The van der Waals surface area contributed by atoms with Crippen molar-refractivity contribution in [2.45, 2.75) is 110 Å². The summed E-state index contributed by atoms with van der Waals surface area (Å²) in [6.45, 7) is 12.0. The van der Waals surface area contributed by atoms with Crippen molar-refractivity contribution in [3.63, 3.8) is 0 Å². The fraction of sp³-hybridized carbons (Fsp3) is 0.429. The minimum absolute atomic E-state index is 0.0329. The van der Waals surface area contributed by atoms with E-state index in [-0.39, 0.29) is 81.7 Å². The number of aliphatic hydroxyl groups excluding tert-OH is 1. The van der Waals surface area contributed by atoms with E-state index in [9.17, 15) is 33.9 Å². The van der Waals surface area contributed by atoms with Gasteiger partial charge in [0.15, 0.2) is 0 Å². The number of hydrogen-bond acceptors (Lipinski definition) is 12. The predicted molar refractivity (Wildman–Crippen MR) is 280 cm³/mol. The van der Waals surface area contributed by atoms with Crippen LogP contribution in [0.4, 0.5) is 0 Å². The van der Waals surface area contributed by atoms with Crippen LogP contribution < -0.4 is 15.4 Å². The molecule has 0 unspecified atom stereocenters. The molecule has 4 aliphatic heterocycles. The maximum Gasteiger partial charge on any atom is 0.255 e. The third-order valence-corrected chi connectivity index (χ3v) is 15.9. The molecule has 18 nitrogen and oxygen atoms in total. The lowest BCUT2D eigenvalue weighted by Crippen LogP contribution is -2.55. The molecule has 3 aromatic carbocycles. The molecule has 5 aromatic rings. The number of fused-ring (bicyclic) bond motifs is 1. The Morgan fingerprint density at radius 1 is 0.773 bits per heavy atom. The first kappa shape index (κ1) is 52.5. The molecule has 2 aromatic heterocycles. The molecule has 394 valence electrons. The molecule has 2 saturated heterocycles. The smallest absolute Gasteiger partial charge is 0.255 e. The first-order valence-electron chi connectivity index (χ1n) is 25.5. The zero-order chi connectivity index (χ0) is 53.4. The Morgan fingerprint density at radius 3 is 1.93 bits per heavy atom. The fourth-order valence-corrected chi connectivity index (χ4v) is 11.6. The van der Waals surface area contributed by atoms with Crippen LogP contribution >= 0.6 is 11.3 Å². The first-order valence-corrected chi connectivity index (χ1v) is 26.3. The van der Waals surface area contributed by atoms with Gasteiger partial charge < -0.3 is 49.4 Å². The van der Waals surface area contributed by atoms with Gasteiger partial charge in [-0.15, -0.1) is 11.3 Å². The van der Waals surface area contributed by atoms with Gasteiger partial charge in [0.1, 0.15) is 41.8 Å². The molecule has 19 heteroatoms. The quantitative estimate of drug-likeness (QED) is 0.111. The number of hydrogen-bond donors (Lipinski definition) is 3. The summed E-state index contributed by atoms with van der Waals surface area (Å²) >= 11 is 1.56. The van der Waals surface area contributed by atoms with Gasteiger partial charge in [-0.05, 0) is 60.1 Å². The third kappa shape index (κ3) is 10.8. The van der Waals surface area contributed by atoms with Crippen molar-refractivity contribution in [1.82, 2.24) is 44.8 Å². The number of β-amino-alcohol motifs (C(OH)–C–C–N with tert-alkyl or cyclic N) is 1. The molecule has 3 N–H and O–H groups in total. The Balaban J connectivity index is 0.877. The number of likely N-dealkylation sites (tertiary alicyclic amines) is 2. The minimum atomic E-state index is -0.946. The van der Waals surface area contributed by atoms with Gasteiger partial charge in [-0.2, -0.15) is 0 Å². The van der Waals surface area contributed by atoms with Gasteiger partial charge in [0.25, 0.3) is 11.8 Å². The summed E-state index contributed by atoms with van der Waals surface area (Å²) in [6, 6.07) is 17.1. The first-order chi connectivity index (χ1) is 35.9. The zero-order valence-electron chi connectivity index (χ0n) is 43.6. The van der Waals surface area contributed by atoms with Gasteiger partial charge in [0, 0.05) is 69.0 Å². The van der Waals surface area contributed by atoms with Gasteiger partial charge in [0.2, 0.25) is 23.6 Å². The topological polar surface area (TPSA) is 209 Å². The molecule has 2 fully saturated rings. The van der Waals surface area contributed by atoms with Crippen molar-refractivity contribution < 1.29 is 43.3 Å². The number of methoxy groups -OCH3 is 1. The molecule has 4 aliphatic rings. The average molecular weight is 1040 g/mol. The van der Waals surface area contributed by atoms with Crippen LogP contribution in [0.25, 0.3) is 21.7 Å².